The van der Waals surface area contributed by atoms with Gasteiger partial charge in [0, 0.05) is 12.6 Å². The van der Waals surface area contributed by atoms with E-state index in [2.05, 4.69) is 0 Å². The van der Waals surface area contributed by atoms with E-state index >= 15 is 0 Å². The monoisotopic (exact) mass is 313 g/mol. The topological polar surface area (TPSA) is 74.7 Å². The number of aliphatic carboxylic acids is 1. The van der Waals surface area contributed by atoms with Gasteiger partial charge in [0.05, 0.1) is 22.8 Å². The fraction of sp³-hybridized carbons (Fsp3) is 0.533. The number of sulfone groups is 1. The average molecular weight is 313 g/mol. The summed E-state index contributed by atoms with van der Waals surface area (Å²) in [6.07, 6.45) is 0.522. The lowest BCUT2D eigenvalue weighted by Crippen LogP contribution is -2.34. The first kappa shape index (κ1) is 17.5. The number of hydrogen-bond acceptors (Lipinski definition) is 4. The number of benzene rings is 1. The average Bonchev–Trinajstić information content (AvgIpc) is 2.38. The molecular weight excluding hydrogens is 290 g/mol. The highest BCUT2D eigenvalue weighted by Crippen LogP contribution is 2.28. The Balaban J connectivity index is 3.23. The summed E-state index contributed by atoms with van der Waals surface area (Å²) < 4.78 is 24.8. The van der Waals surface area contributed by atoms with Crippen molar-refractivity contribution in [2.24, 2.45) is 0 Å². The van der Waals surface area contributed by atoms with Crippen LogP contribution in [0.5, 0.6) is 0 Å². The Hall–Kier alpha value is -1.56. The molecule has 0 aliphatic heterocycles. The van der Waals surface area contributed by atoms with Crippen LogP contribution in [0.4, 0.5) is 5.69 Å². The maximum Gasteiger partial charge on any atom is 0.305 e. The fourth-order valence-electron chi connectivity index (χ4n) is 2.21. The Morgan fingerprint density at radius 1 is 1.29 bits per heavy atom. The third-order valence-electron chi connectivity index (χ3n) is 3.17. The number of para-hydroxylation sites is 1. The van der Waals surface area contributed by atoms with Gasteiger partial charge >= 0.3 is 5.97 Å². The van der Waals surface area contributed by atoms with Gasteiger partial charge in [-0.1, -0.05) is 19.1 Å². The van der Waals surface area contributed by atoms with E-state index in [1.165, 1.54) is 0 Å². The lowest BCUT2D eigenvalue weighted by Gasteiger charge is -2.30. The molecule has 1 aromatic carbocycles. The highest BCUT2D eigenvalue weighted by Gasteiger charge is 2.22. The lowest BCUT2D eigenvalue weighted by atomic mass is 10.2. The maximum atomic E-state index is 12.4. The molecule has 0 aliphatic carbocycles. The van der Waals surface area contributed by atoms with Crippen molar-refractivity contribution in [2.75, 3.05) is 17.2 Å². The second-order valence-corrected chi connectivity index (χ2v) is 7.30. The van der Waals surface area contributed by atoms with Crippen LogP contribution in [-0.4, -0.2) is 37.8 Å². The van der Waals surface area contributed by atoms with Crippen molar-refractivity contribution in [1.29, 1.82) is 0 Å². The largest absolute Gasteiger partial charge is 0.481 e. The molecule has 0 fully saturated rings. The highest BCUT2D eigenvalue weighted by molar-refractivity contribution is 7.91. The molecule has 0 atom stereocenters. The summed E-state index contributed by atoms with van der Waals surface area (Å²) in [5.41, 5.74) is 0.585. The Labute approximate surface area is 126 Å². The van der Waals surface area contributed by atoms with Crippen LogP contribution in [0, 0.1) is 0 Å². The third-order valence-corrected chi connectivity index (χ3v) is 5.13. The van der Waals surface area contributed by atoms with Gasteiger partial charge in [-0.2, -0.15) is 0 Å². The molecule has 0 saturated heterocycles. The summed E-state index contributed by atoms with van der Waals surface area (Å²) in [5, 5.41) is 8.86. The van der Waals surface area contributed by atoms with E-state index in [4.69, 9.17) is 5.11 Å². The van der Waals surface area contributed by atoms with Crippen LogP contribution in [-0.2, 0) is 14.6 Å². The minimum Gasteiger partial charge on any atom is -0.481 e. The van der Waals surface area contributed by atoms with Crippen LogP contribution >= 0.6 is 0 Å². The molecule has 5 nitrogen and oxygen atoms in total. The smallest absolute Gasteiger partial charge is 0.305 e. The van der Waals surface area contributed by atoms with Gasteiger partial charge in [0.15, 0.2) is 9.84 Å². The summed E-state index contributed by atoms with van der Waals surface area (Å²) in [7, 11) is -3.35. The predicted octanol–water partition coefficient (Wildman–Crippen LogP) is 2.56. The van der Waals surface area contributed by atoms with Crippen LogP contribution in [0.15, 0.2) is 29.2 Å². The summed E-state index contributed by atoms with van der Waals surface area (Å²) in [5.74, 6) is -0.802. The zero-order chi connectivity index (χ0) is 16.0. The van der Waals surface area contributed by atoms with E-state index in [1.807, 2.05) is 25.7 Å². The molecule has 1 aromatic rings. The van der Waals surface area contributed by atoms with Gasteiger partial charge in [-0.15, -0.1) is 0 Å². The summed E-state index contributed by atoms with van der Waals surface area (Å²) in [6.45, 7) is 5.95. The first-order chi connectivity index (χ1) is 9.79. The molecule has 1 rings (SSSR count). The molecule has 0 aromatic heterocycles. The normalized spacial score (nSPS) is 11.6. The highest BCUT2D eigenvalue weighted by atomic mass is 32.2. The van der Waals surface area contributed by atoms with Gasteiger partial charge in [-0.3, -0.25) is 4.79 Å². The van der Waals surface area contributed by atoms with Gasteiger partial charge in [0.2, 0.25) is 0 Å². The van der Waals surface area contributed by atoms with E-state index in [0.29, 0.717) is 12.1 Å². The van der Waals surface area contributed by atoms with Gasteiger partial charge in [0.25, 0.3) is 0 Å². The maximum absolute atomic E-state index is 12.4. The number of carboxylic acid groups (broad SMARTS) is 1. The molecule has 1 N–H and O–H groups in total. The summed E-state index contributed by atoms with van der Waals surface area (Å²) >= 11 is 0. The van der Waals surface area contributed by atoms with Crippen LogP contribution in [0.1, 0.15) is 33.6 Å². The van der Waals surface area contributed by atoms with E-state index in [-0.39, 0.29) is 29.7 Å². The Kier molecular flexibility index (Phi) is 6.20. The SMILES string of the molecule is CCCS(=O)(=O)c1ccccc1N(CCC(=O)O)C(C)C. The van der Waals surface area contributed by atoms with E-state index in [1.54, 1.807) is 24.3 Å². The van der Waals surface area contributed by atoms with Crippen molar-refractivity contribution >= 4 is 21.5 Å². The van der Waals surface area contributed by atoms with Gasteiger partial charge in [-0.05, 0) is 32.4 Å². The Morgan fingerprint density at radius 2 is 1.90 bits per heavy atom. The summed E-state index contributed by atoms with van der Waals surface area (Å²) in [4.78, 5) is 12.9. The molecule has 0 amide bonds. The minimum absolute atomic E-state index is 0.0160. The molecule has 0 unspecified atom stereocenters. The molecule has 0 spiro atoms. The Bertz CT molecular complexity index is 581. The number of carboxylic acids is 1. The predicted molar refractivity (Wildman–Crippen MR) is 83.5 cm³/mol. The molecule has 0 radical (unpaired) electrons. The zero-order valence-electron chi connectivity index (χ0n) is 12.7. The van der Waals surface area contributed by atoms with Crippen LogP contribution in [0.25, 0.3) is 0 Å². The number of hydrogen-bond donors (Lipinski definition) is 1. The standard InChI is InChI=1S/C15H23NO4S/c1-4-11-21(19,20)14-8-6-5-7-13(14)16(12(2)3)10-9-15(17)18/h5-8,12H,4,9-11H2,1-3H3,(H,17,18). The van der Waals surface area contributed by atoms with Gasteiger partial charge in [-0.25, -0.2) is 8.42 Å². The lowest BCUT2D eigenvalue weighted by molar-refractivity contribution is -0.136. The Morgan fingerprint density at radius 3 is 2.43 bits per heavy atom. The first-order valence-electron chi connectivity index (χ1n) is 7.09. The van der Waals surface area contributed by atoms with Crippen LogP contribution < -0.4 is 4.90 Å². The van der Waals surface area contributed by atoms with Crippen molar-refractivity contribution in [3.8, 4) is 0 Å². The number of anilines is 1. The molecule has 0 aliphatic rings. The molecule has 21 heavy (non-hydrogen) atoms. The van der Waals surface area contributed by atoms with E-state index < -0.39 is 15.8 Å². The van der Waals surface area contributed by atoms with Crippen LogP contribution in [0.2, 0.25) is 0 Å². The first-order valence-corrected chi connectivity index (χ1v) is 8.75. The van der Waals surface area contributed by atoms with Crippen molar-refractivity contribution < 1.29 is 18.3 Å². The minimum atomic E-state index is -3.35. The fourth-order valence-corrected chi connectivity index (χ4v) is 3.76. The molecule has 118 valence electrons. The second kappa shape index (κ2) is 7.45. The quantitative estimate of drug-likeness (QED) is 0.798. The molecule has 0 bridgehead atoms. The van der Waals surface area contributed by atoms with E-state index in [9.17, 15) is 13.2 Å². The number of nitrogens with zero attached hydrogens (tertiary/aromatic N) is 1. The number of carbonyl (C=O) groups is 1. The molecule has 6 heteroatoms. The molecule has 0 heterocycles. The van der Waals surface area contributed by atoms with Crippen molar-refractivity contribution in [3.63, 3.8) is 0 Å². The van der Waals surface area contributed by atoms with Crippen molar-refractivity contribution in [2.45, 2.75) is 44.6 Å². The summed E-state index contributed by atoms with van der Waals surface area (Å²) in [6, 6.07) is 6.82. The second-order valence-electron chi connectivity index (χ2n) is 5.22. The number of rotatable bonds is 8. The molecular formula is C15H23NO4S. The van der Waals surface area contributed by atoms with E-state index in [0.717, 1.165) is 0 Å². The molecule has 0 saturated carbocycles. The third kappa shape index (κ3) is 4.74. The van der Waals surface area contributed by atoms with Crippen LogP contribution in [0.3, 0.4) is 0 Å². The van der Waals surface area contributed by atoms with Gasteiger partial charge < -0.3 is 10.0 Å². The van der Waals surface area contributed by atoms with Gasteiger partial charge in [0.1, 0.15) is 0 Å². The zero-order valence-corrected chi connectivity index (χ0v) is 13.6. The van der Waals surface area contributed by atoms with Crippen molar-refractivity contribution in [1.82, 2.24) is 0 Å². The van der Waals surface area contributed by atoms with Crippen molar-refractivity contribution in [3.05, 3.63) is 24.3 Å².